The number of pyridine rings is 1. The van der Waals surface area contributed by atoms with Gasteiger partial charge < -0.3 is 10.3 Å². The summed E-state index contributed by atoms with van der Waals surface area (Å²) in [4.78, 5) is 13.2. The minimum absolute atomic E-state index is 0.596. The predicted molar refractivity (Wildman–Crippen MR) is 123 cm³/mol. The Morgan fingerprint density at radius 2 is 2.00 bits per heavy atom. The molecule has 1 aliphatic rings. The molecule has 0 bridgehead atoms. The summed E-state index contributed by atoms with van der Waals surface area (Å²) in [6.07, 6.45) is 12.8. The monoisotopic (exact) mass is 405 g/mol. The smallest absolute Gasteiger partial charge is 0.181 e. The van der Waals surface area contributed by atoms with Crippen LogP contribution in [0, 0.1) is 5.92 Å². The van der Waals surface area contributed by atoms with Crippen molar-refractivity contribution in [3.05, 3.63) is 54.5 Å². The van der Waals surface area contributed by atoms with Gasteiger partial charge in [0.25, 0.3) is 0 Å². The lowest BCUT2D eigenvalue weighted by Gasteiger charge is -2.15. The van der Waals surface area contributed by atoms with E-state index >= 15 is 0 Å². The van der Waals surface area contributed by atoms with Gasteiger partial charge in [-0.3, -0.25) is 0 Å². The number of benzene rings is 1. The Hall–Kier alpha value is -2.73. The minimum atomic E-state index is 0.596. The molecule has 5 nitrogen and oxygen atoms in total. The standard InChI is InChI=1S/C16H13N5S.C7H14/c1-2-10-5-13-15(18-7-10)21(9-19-13)8-11-3-4-12-14(6-11)22-16(17)20-12;1-7-5-3-2-4-6-7/h2-7,9H,1,8H2,(H2,17,20);7H,2-6H2,1H3. The summed E-state index contributed by atoms with van der Waals surface area (Å²) >= 11 is 1.50. The third kappa shape index (κ3) is 4.65. The van der Waals surface area contributed by atoms with E-state index in [0.29, 0.717) is 11.7 Å². The van der Waals surface area contributed by atoms with Gasteiger partial charge in [0.05, 0.1) is 23.1 Å². The van der Waals surface area contributed by atoms with Crippen molar-refractivity contribution in [1.82, 2.24) is 19.5 Å². The number of aromatic nitrogens is 4. The van der Waals surface area contributed by atoms with Crippen LogP contribution in [0.3, 0.4) is 0 Å². The SMILES string of the molecule is C=Cc1cnc2c(c1)ncn2Cc1ccc2nc(N)sc2c1.CC1CCCCC1. The third-order valence-corrected chi connectivity index (χ3v) is 6.28. The predicted octanol–water partition coefficient (Wildman–Crippen LogP) is 5.90. The molecule has 1 aliphatic carbocycles. The third-order valence-electron chi connectivity index (χ3n) is 5.43. The topological polar surface area (TPSA) is 69.6 Å². The first-order chi connectivity index (χ1) is 14.1. The van der Waals surface area contributed by atoms with Gasteiger partial charge in [-0.1, -0.05) is 69.1 Å². The molecule has 0 saturated heterocycles. The van der Waals surface area contributed by atoms with Crippen LogP contribution in [0.25, 0.3) is 27.5 Å². The molecule has 1 aromatic carbocycles. The number of thiazole rings is 1. The van der Waals surface area contributed by atoms with E-state index in [1.807, 2.05) is 23.0 Å². The molecular formula is C23H27N5S. The first kappa shape index (κ1) is 19.6. The molecule has 0 radical (unpaired) electrons. The second kappa shape index (κ2) is 8.74. The molecule has 0 amide bonds. The van der Waals surface area contributed by atoms with E-state index in [4.69, 9.17) is 5.73 Å². The van der Waals surface area contributed by atoms with Crippen LogP contribution in [0.5, 0.6) is 0 Å². The number of hydrogen-bond acceptors (Lipinski definition) is 5. The molecule has 29 heavy (non-hydrogen) atoms. The van der Waals surface area contributed by atoms with Crippen LogP contribution in [0.2, 0.25) is 0 Å². The maximum absolute atomic E-state index is 5.75. The van der Waals surface area contributed by atoms with E-state index in [1.165, 1.54) is 49.0 Å². The van der Waals surface area contributed by atoms with Crippen molar-refractivity contribution >= 4 is 43.9 Å². The van der Waals surface area contributed by atoms with Crippen LogP contribution in [0.15, 0.2) is 43.4 Å². The van der Waals surface area contributed by atoms with Crippen LogP contribution in [0.4, 0.5) is 5.13 Å². The molecule has 3 aromatic heterocycles. The summed E-state index contributed by atoms with van der Waals surface area (Å²) < 4.78 is 3.13. The van der Waals surface area contributed by atoms with Crippen LogP contribution in [0.1, 0.15) is 50.2 Å². The van der Waals surface area contributed by atoms with Gasteiger partial charge in [0.1, 0.15) is 5.52 Å². The minimum Gasteiger partial charge on any atom is -0.375 e. The van der Waals surface area contributed by atoms with Crippen LogP contribution in [-0.4, -0.2) is 19.5 Å². The quantitative estimate of drug-likeness (QED) is 0.460. The Balaban J connectivity index is 0.000000249. The lowest BCUT2D eigenvalue weighted by atomic mass is 9.91. The fourth-order valence-corrected chi connectivity index (χ4v) is 4.58. The lowest BCUT2D eigenvalue weighted by Crippen LogP contribution is -1.99. The van der Waals surface area contributed by atoms with Gasteiger partial charge in [-0.15, -0.1) is 0 Å². The Kier molecular flexibility index (Phi) is 5.90. The highest BCUT2D eigenvalue weighted by Gasteiger charge is 2.07. The Bertz CT molecular complexity index is 1120. The number of rotatable bonds is 3. The van der Waals surface area contributed by atoms with Gasteiger partial charge >= 0.3 is 0 Å². The van der Waals surface area contributed by atoms with Crippen LogP contribution >= 0.6 is 11.3 Å². The first-order valence-corrected chi connectivity index (χ1v) is 11.0. The first-order valence-electron chi connectivity index (χ1n) is 10.2. The van der Waals surface area contributed by atoms with Crippen molar-refractivity contribution in [3.63, 3.8) is 0 Å². The van der Waals surface area contributed by atoms with Crippen molar-refractivity contribution in [2.24, 2.45) is 5.92 Å². The summed E-state index contributed by atoms with van der Waals surface area (Å²) in [5.74, 6) is 1.04. The molecule has 0 atom stereocenters. The number of nitrogen functional groups attached to an aromatic ring is 1. The Labute approximate surface area is 175 Å². The molecule has 1 saturated carbocycles. The summed E-state index contributed by atoms with van der Waals surface area (Å²) in [5, 5.41) is 0.596. The second-order valence-corrected chi connectivity index (χ2v) is 8.85. The zero-order valence-corrected chi connectivity index (χ0v) is 17.7. The van der Waals surface area contributed by atoms with Crippen molar-refractivity contribution in [2.45, 2.75) is 45.6 Å². The average Bonchev–Trinajstić information content (AvgIpc) is 3.30. The number of anilines is 1. The Morgan fingerprint density at radius 3 is 2.72 bits per heavy atom. The van der Waals surface area contributed by atoms with Crippen molar-refractivity contribution in [2.75, 3.05) is 5.73 Å². The largest absolute Gasteiger partial charge is 0.375 e. The highest BCUT2D eigenvalue weighted by Crippen LogP contribution is 2.25. The van der Waals surface area contributed by atoms with Gasteiger partial charge in [-0.05, 0) is 35.2 Å². The molecule has 2 N–H and O–H groups in total. The maximum Gasteiger partial charge on any atom is 0.181 e. The van der Waals surface area contributed by atoms with Crippen molar-refractivity contribution in [1.29, 1.82) is 0 Å². The fourth-order valence-electron chi connectivity index (χ4n) is 3.78. The molecule has 5 rings (SSSR count). The maximum atomic E-state index is 5.75. The summed E-state index contributed by atoms with van der Waals surface area (Å²) in [5.41, 5.74) is 10.6. The molecule has 150 valence electrons. The number of fused-ring (bicyclic) bond motifs is 2. The van der Waals surface area contributed by atoms with E-state index in [-0.39, 0.29) is 0 Å². The highest BCUT2D eigenvalue weighted by atomic mass is 32.1. The van der Waals surface area contributed by atoms with Gasteiger partial charge in [0.15, 0.2) is 10.8 Å². The summed E-state index contributed by atoms with van der Waals surface area (Å²) in [6.45, 7) is 6.83. The molecule has 6 heteroatoms. The number of hydrogen-bond donors (Lipinski definition) is 1. The van der Waals surface area contributed by atoms with Gasteiger partial charge in [0.2, 0.25) is 0 Å². The van der Waals surface area contributed by atoms with Crippen LogP contribution in [-0.2, 0) is 6.54 Å². The average molecular weight is 406 g/mol. The molecule has 3 heterocycles. The number of nitrogens with zero attached hydrogens (tertiary/aromatic N) is 4. The van der Waals surface area contributed by atoms with Crippen molar-refractivity contribution < 1.29 is 0 Å². The van der Waals surface area contributed by atoms with Gasteiger partial charge in [-0.25, -0.2) is 15.0 Å². The molecule has 0 aliphatic heterocycles. The normalized spacial score (nSPS) is 14.7. The second-order valence-electron chi connectivity index (χ2n) is 7.79. The van der Waals surface area contributed by atoms with Gasteiger partial charge in [-0.2, -0.15) is 0 Å². The van der Waals surface area contributed by atoms with E-state index in [2.05, 4.69) is 40.6 Å². The molecule has 1 fully saturated rings. The van der Waals surface area contributed by atoms with Crippen molar-refractivity contribution in [3.8, 4) is 0 Å². The molecule has 0 unspecified atom stereocenters. The van der Waals surface area contributed by atoms with Gasteiger partial charge in [0, 0.05) is 6.20 Å². The van der Waals surface area contributed by atoms with E-state index in [9.17, 15) is 0 Å². The zero-order chi connectivity index (χ0) is 20.2. The zero-order valence-electron chi connectivity index (χ0n) is 16.8. The molecule has 4 aromatic rings. The summed E-state index contributed by atoms with van der Waals surface area (Å²) in [7, 11) is 0. The van der Waals surface area contributed by atoms with E-state index in [1.54, 1.807) is 12.3 Å². The molecular weight excluding hydrogens is 378 g/mol. The summed E-state index contributed by atoms with van der Waals surface area (Å²) in [6, 6.07) is 8.16. The Morgan fingerprint density at radius 1 is 1.17 bits per heavy atom. The highest BCUT2D eigenvalue weighted by molar-refractivity contribution is 7.22. The number of imidazole rings is 1. The van der Waals surface area contributed by atoms with E-state index < -0.39 is 0 Å². The van der Waals surface area contributed by atoms with Crippen LogP contribution < -0.4 is 5.73 Å². The fraction of sp³-hybridized carbons (Fsp3) is 0.348. The molecule has 0 spiro atoms. The number of nitrogens with two attached hydrogens (primary N) is 1. The lowest BCUT2D eigenvalue weighted by molar-refractivity contribution is 0.385. The van der Waals surface area contributed by atoms with E-state index in [0.717, 1.165) is 32.9 Å².